The molecule has 0 aliphatic rings. The van der Waals surface area contributed by atoms with E-state index in [0.717, 1.165) is 31.4 Å². The zero-order chi connectivity index (χ0) is 16.5. The SMILES string of the molecule is C=CCCCN(C)C(=NC)NCC(C)c1ccc(F)cc1F. The number of aliphatic imine (C=N–C) groups is 1. The number of hydrogen-bond acceptors (Lipinski definition) is 1. The molecule has 5 heteroatoms. The molecule has 3 nitrogen and oxygen atoms in total. The summed E-state index contributed by atoms with van der Waals surface area (Å²) in [5, 5.41) is 3.23. The maximum absolute atomic E-state index is 13.8. The van der Waals surface area contributed by atoms with Crippen molar-refractivity contribution in [1.29, 1.82) is 0 Å². The molecule has 1 aromatic rings. The van der Waals surface area contributed by atoms with Crippen LogP contribution in [-0.2, 0) is 0 Å². The van der Waals surface area contributed by atoms with E-state index >= 15 is 0 Å². The van der Waals surface area contributed by atoms with Crippen molar-refractivity contribution < 1.29 is 8.78 Å². The summed E-state index contributed by atoms with van der Waals surface area (Å²) in [4.78, 5) is 6.25. The van der Waals surface area contributed by atoms with Gasteiger partial charge in [0.15, 0.2) is 5.96 Å². The summed E-state index contributed by atoms with van der Waals surface area (Å²) >= 11 is 0. The lowest BCUT2D eigenvalue weighted by molar-refractivity contribution is 0.466. The molecular formula is C17H25F2N3. The van der Waals surface area contributed by atoms with Crippen molar-refractivity contribution in [2.24, 2.45) is 4.99 Å². The minimum Gasteiger partial charge on any atom is -0.356 e. The molecule has 0 saturated carbocycles. The zero-order valence-electron chi connectivity index (χ0n) is 13.6. The van der Waals surface area contributed by atoms with Gasteiger partial charge in [-0.1, -0.05) is 19.1 Å². The first-order chi connectivity index (χ1) is 10.5. The number of unbranched alkanes of at least 4 members (excludes halogenated alkanes) is 1. The molecule has 0 aromatic heterocycles. The van der Waals surface area contributed by atoms with Gasteiger partial charge in [0, 0.05) is 39.2 Å². The van der Waals surface area contributed by atoms with E-state index in [9.17, 15) is 8.78 Å². The third-order valence-electron chi connectivity index (χ3n) is 3.53. The minimum absolute atomic E-state index is 0.0843. The molecule has 0 spiro atoms. The van der Waals surface area contributed by atoms with Gasteiger partial charge in [0.25, 0.3) is 0 Å². The molecule has 1 aromatic carbocycles. The highest BCUT2D eigenvalue weighted by molar-refractivity contribution is 5.79. The molecule has 0 amide bonds. The van der Waals surface area contributed by atoms with Gasteiger partial charge in [-0.25, -0.2) is 8.78 Å². The molecule has 0 aliphatic heterocycles. The molecule has 1 N–H and O–H groups in total. The van der Waals surface area contributed by atoms with Gasteiger partial charge in [-0.05, 0) is 24.5 Å². The van der Waals surface area contributed by atoms with Crippen LogP contribution in [0.4, 0.5) is 8.78 Å². The van der Waals surface area contributed by atoms with Crippen molar-refractivity contribution in [3.63, 3.8) is 0 Å². The Morgan fingerprint density at radius 1 is 1.45 bits per heavy atom. The predicted octanol–water partition coefficient (Wildman–Crippen LogP) is 3.54. The average molecular weight is 309 g/mol. The Balaban J connectivity index is 2.56. The second kappa shape index (κ2) is 9.18. The molecule has 0 saturated heterocycles. The molecule has 1 rings (SSSR count). The molecular weight excluding hydrogens is 284 g/mol. The number of rotatable bonds is 7. The monoisotopic (exact) mass is 309 g/mol. The Hall–Kier alpha value is -1.91. The standard InChI is InChI=1S/C17H25F2N3/c1-5-6-7-10-22(4)17(20-3)21-12-13(2)15-9-8-14(18)11-16(15)19/h5,8-9,11,13H,1,6-7,10,12H2,2-4H3,(H,20,21). The van der Waals surface area contributed by atoms with Gasteiger partial charge in [-0.3, -0.25) is 4.99 Å². The number of guanidine groups is 1. The third kappa shape index (κ3) is 5.47. The molecule has 122 valence electrons. The highest BCUT2D eigenvalue weighted by Crippen LogP contribution is 2.19. The minimum atomic E-state index is -0.556. The summed E-state index contributed by atoms with van der Waals surface area (Å²) in [5.74, 6) is -0.389. The highest BCUT2D eigenvalue weighted by Gasteiger charge is 2.13. The number of nitrogens with zero attached hydrogens (tertiary/aromatic N) is 2. The fourth-order valence-corrected chi connectivity index (χ4v) is 2.22. The van der Waals surface area contributed by atoms with Crippen molar-refractivity contribution in [2.75, 3.05) is 27.2 Å². The van der Waals surface area contributed by atoms with Crippen LogP contribution >= 0.6 is 0 Å². The number of allylic oxidation sites excluding steroid dienone is 1. The summed E-state index contributed by atoms with van der Waals surface area (Å²) in [6.45, 7) is 7.00. The summed E-state index contributed by atoms with van der Waals surface area (Å²) in [6, 6.07) is 3.70. The van der Waals surface area contributed by atoms with Crippen LogP contribution in [-0.4, -0.2) is 38.0 Å². The molecule has 1 unspecified atom stereocenters. The normalized spacial score (nSPS) is 12.9. The van der Waals surface area contributed by atoms with Crippen LogP contribution in [0.2, 0.25) is 0 Å². The largest absolute Gasteiger partial charge is 0.356 e. The Morgan fingerprint density at radius 3 is 2.77 bits per heavy atom. The first-order valence-electron chi connectivity index (χ1n) is 7.47. The lowest BCUT2D eigenvalue weighted by Gasteiger charge is -2.23. The lowest BCUT2D eigenvalue weighted by atomic mass is 10.0. The van der Waals surface area contributed by atoms with E-state index in [4.69, 9.17) is 0 Å². The van der Waals surface area contributed by atoms with E-state index in [2.05, 4.69) is 16.9 Å². The van der Waals surface area contributed by atoms with E-state index in [1.807, 2.05) is 24.9 Å². The van der Waals surface area contributed by atoms with E-state index in [1.165, 1.54) is 12.1 Å². The Bertz CT molecular complexity index is 515. The Kier molecular flexibility index (Phi) is 7.57. The fourth-order valence-electron chi connectivity index (χ4n) is 2.22. The van der Waals surface area contributed by atoms with Crippen molar-refractivity contribution in [1.82, 2.24) is 10.2 Å². The first kappa shape index (κ1) is 18.1. The maximum Gasteiger partial charge on any atom is 0.193 e. The molecule has 0 bridgehead atoms. The smallest absolute Gasteiger partial charge is 0.193 e. The van der Waals surface area contributed by atoms with E-state index in [0.29, 0.717) is 12.1 Å². The average Bonchev–Trinajstić information content (AvgIpc) is 2.47. The van der Waals surface area contributed by atoms with Gasteiger partial charge in [0.05, 0.1) is 0 Å². The maximum atomic E-state index is 13.8. The second-order valence-electron chi connectivity index (χ2n) is 5.35. The quantitative estimate of drug-likeness (QED) is 0.361. The van der Waals surface area contributed by atoms with Gasteiger partial charge in [0.1, 0.15) is 11.6 Å². The van der Waals surface area contributed by atoms with E-state index < -0.39 is 11.6 Å². The molecule has 0 aliphatic carbocycles. The zero-order valence-corrected chi connectivity index (χ0v) is 13.6. The van der Waals surface area contributed by atoms with Gasteiger partial charge in [-0.15, -0.1) is 6.58 Å². The summed E-state index contributed by atoms with van der Waals surface area (Å²) in [5.41, 5.74) is 0.499. The Morgan fingerprint density at radius 2 is 2.18 bits per heavy atom. The van der Waals surface area contributed by atoms with Crippen LogP contribution < -0.4 is 5.32 Å². The van der Waals surface area contributed by atoms with Gasteiger partial charge in [0.2, 0.25) is 0 Å². The summed E-state index contributed by atoms with van der Waals surface area (Å²) < 4.78 is 26.7. The number of benzene rings is 1. The van der Waals surface area contributed by atoms with Gasteiger partial charge in [-0.2, -0.15) is 0 Å². The molecule has 1 atom stereocenters. The van der Waals surface area contributed by atoms with Crippen LogP contribution in [0, 0.1) is 11.6 Å². The predicted molar refractivity (Wildman–Crippen MR) is 88.2 cm³/mol. The van der Waals surface area contributed by atoms with Crippen LogP contribution in [0.15, 0.2) is 35.8 Å². The van der Waals surface area contributed by atoms with Crippen molar-refractivity contribution in [3.05, 3.63) is 48.1 Å². The molecule has 22 heavy (non-hydrogen) atoms. The van der Waals surface area contributed by atoms with E-state index in [-0.39, 0.29) is 5.92 Å². The number of hydrogen-bond donors (Lipinski definition) is 1. The number of halogens is 2. The van der Waals surface area contributed by atoms with Crippen molar-refractivity contribution >= 4 is 5.96 Å². The Labute approximate surface area is 131 Å². The van der Waals surface area contributed by atoms with Crippen molar-refractivity contribution in [2.45, 2.75) is 25.7 Å². The van der Waals surface area contributed by atoms with Gasteiger partial charge < -0.3 is 10.2 Å². The molecule has 0 fully saturated rings. The highest BCUT2D eigenvalue weighted by atomic mass is 19.1. The van der Waals surface area contributed by atoms with Crippen LogP contribution in [0.3, 0.4) is 0 Å². The van der Waals surface area contributed by atoms with Crippen molar-refractivity contribution in [3.8, 4) is 0 Å². The second-order valence-corrected chi connectivity index (χ2v) is 5.35. The number of nitrogens with one attached hydrogen (secondary N) is 1. The van der Waals surface area contributed by atoms with Gasteiger partial charge >= 0.3 is 0 Å². The first-order valence-corrected chi connectivity index (χ1v) is 7.47. The van der Waals surface area contributed by atoms with Crippen LogP contribution in [0.25, 0.3) is 0 Å². The molecule has 0 heterocycles. The molecule has 0 radical (unpaired) electrons. The summed E-state index contributed by atoms with van der Waals surface area (Å²) in [6.07, 6.45) is 3.85. The van der Waals surface area contributed by atoms with Crippen LogP contribution in [0.5, 0.6) is 0 Å². The fraction of sp³-hybridized carbons (Fsp3) is 0.471. The lowest BCUT2D eigenvalue weighted by Crippen LogP contribution is -2.40. The third-order valence-corrected chi connectivity index (χ3v) is 3.53. The van der Waals surface area contributed by atoms with Crippen LogP contribution in [0.1, 0.15) is 31.2 Å². The topological polar surface area (TPSA) is 27.6 Å². The van der Waals surface area contributed by atoms with E-state index in [1.54, 1.807) is 7.05 Å². The summed E-state index contributed by atoms with van der Waals surface area (Å²) in [7, 11) is 3.68.